The molecule has 2 rings (SSSR count). The summed E-state index contributed by atoms with van der Waals surface area (Å²) in [7, 11) is 3.77. The number of benzene rings is 2. The molecule has 0 aromatic heterocycles. The highest BCUT2D eigenvalue weighted by atomic mass is 127. The van der Waals surface area contributed by atoms with Gasteiger partial charge in [-0.1, -0.05) is 42.5 Å². The number of hydrogen-bond donors (Lipinski definition) is 3. The van der Waals surface area contributed by atoms with Crippen molar-refractivity contribution in [3.8, 4) is 5.75 Å². The van der Waals surface area contributed by atoms with Crippen LogP contribution in [0.5, 0.6) is 5.75 Å². The first-order chi connectivity index (χ1) is 14.5. The zero-order valence-corrected chi connectivity index (χ0v) is 21.4. The number of aliphatic hydroxyl groups excluding tert-OH is 1. The second kappa shape index (κ2) is 15.0. The highest BCUT2D eigenvalue weighted by molar-refractivity contribution is 14.0. The van der Waals surface area contributed by atoms with Crippen molar-refractivity contribution < 1.29 is 9.84 Å². The summed E-state index contributed by atoms with van der Waals surface area (Å²) in [5, 5.41) is 17.1. The summed E-state index contributed by atoms with van der Waals surface area (Å²) in [4.78, 5) is 6.90. The Morgan fingerprint density at radius 3 is 2.55 bits per heavy atom. The van der Waals surface area contributed by atoms with Gasteiger partial charge in [0.2, 0.25) is 0 Å². The minimum atomic E-state index is -0.675. The van der Waals surface area contributed by atoms with Gasteiger partial charge in [-0.2, -0.15) is 0 Å². The number of aliphatic imine (C=N–C) groups is 1. The molecule has 2 unspecified atom stereocenters. The maximum absolute atomic E-state index is 10.5. The van der Waals surface area contributed by atoms with Gasteiger partial charge in [0.05, 0.1) is 19.8 Å². The lowest BCUT2D eigenvalue weighted by molar-refractivity contribution is 0.186. The van der Waals surface area contributed by atoms with E-state index in [1.807, 2.05) is 37.3 Å². The third-order valence-corrected chi connectivity index (χ3v) is 5.13. The van der Waals surface area contributed by atoms with E-state index in [4.69, 9.17) is 4.74 Å². The molecule has 31 heavy (non-hydrogen) atoms. The van der Waals surface area contributed by atoms with Crippen molar-refractivity contribution in [3.63, 3.8) is 0 Å². The van der Waals surface area contributed by atoms with Crippen LogP contribution in [-0.2, 0) is 6.54 Å². The first kappa shape index (κ1) is 27.2. The van der Waals surface area contributed by atoms with E-state index < -0.39 is 6.10 Å². The molecule has 0 bridgehead atoms. The average Bonchev–Trinajstić information content (AvgIpc) is 2.77. The van der Waals surface area contributed by atoms with Crippen molar-refractivity contribution >= 4 is 29.9 Å². The predicted octanol–water partition coefficient (Wildman–Crippen LogP) is 3.81. The van der Waals surface area contributed by atoms with Crippen molar-refractivity contribution in [1.29, 1.82) is 0 Å². The fourth-order valence-electron chi connectivity index (χ4n) is 3.12. The number of methoxy groups -OCH3 is 1. The first-order valence-corrected chi connectivity index (χ1v) is 10.6. The van der Waals surface area contributed by atoms with Crippen LogP contribution in [0.3, 0.4) is 0 Å². The van der Waals surface area contributed by atoms with Crippen molar-refractivity contribution in [2.45, 2.75) is 39.0 Å². The third-order valence-electron chi connectivity index (χ3n) is 5.13. The zero-order valence-electron chi connectivity index (χ0n) is 19.0. The predicted molar refractivity (Wildman–Crippen MR) is 139 cm³/mol. The Hall–Kier alpha value is -1.84. The molecule has 0 fully saturated rings. The second-order valence-corrected chi connectivity index (χ2v) is 7.48. The van der Waals surface area contributed by atoms with Gasteiger partial charge in [-0.3, -0.25) is 9.89 Å². The Balaban J connectivity index is 0.00000480. The highest BCUT2D eigenvalue weighted by Crippen LogP contribution is 2.19. The number of aliphatic hydroxyl groups is 1. The van der Waals surface area contributed by atoms with E-state index in [0.29, 0.717) is 6.04 Å². The molecule has 0 radical (unpaired) electrons. The summed E-state index contributed by atoms with van der Waals surface area (Å²) in [5.41, 5.74) is 2.12. The van der Waals surface area contributed by atoms with Crippen LogP contribution < -0.4 is 15.4 Å². The van der Waals surface area contributed by atoms with Crippen molar-refractivity contribution in [3.05, 3.63) is 65.7 Å². The van der Waals surface area contributed by atoms with Gasteiger partial charge in [0.25, 0.3) is 0 Å². The van der Waals surface area contributed by atoms with Gasteiger partial charge < -0.3 is 20.5 Å². The molecule has 2 atom stereocenters. The van der Waals surface area contributed by atoms with Gasteiger partial charge in [0, 0.05) is 25.7 Å². The minimum Gasteiger partial charge on any atom is -0.497 e. The Kier molecular flexibility index (Phi) is 13.2. The molecule has 0 aliphatic carbocycles. The van der Waals surface area contributed by atoms with Crippen LogP contribution in [0.4, 0.5) is 0 Å². The largest absolute Gasteiger partial charge is 0.497 e. The van der Waals surface area contributed by atoms with E-state index in [-0.39, 0.29) is 30.5 Å². The number of hydrogen-bond acceptors (Lipinski definition) is 4. The SMILES string of the molecule is CCNC(=NCC(O)c1cccc(OC)c1)NCCC(C)N(C)Cc1ccccc1.I. The Morgan fingerprint density at radius 1 is 1.13 bits per heavy atom. The number of ether oxygens (including phenoxy) is 1. The molecule has 0 spiro atoms. The molecule has 3 N–H and O–H groups in total. The lowest BCUT2D eigenvalue weighted by Crippen LogP contribution is -2.40. The van der Waals surface area contributed by atoms with Gasteiger partial charge in [0.1, 0.15) is 5.75 Å². The minimum absolute atomic E-state index is 0. The Bertz CT molecular complexity index is 773. The maximum atomic E-state index is 10.5. The average molecular weight is 540 g/mol. The summed E-state index contributed by atoms with van der Waals surface area (Å²) in [5.74, 6) is 1.45. The van der Waals surface area contributed by atoms with Crippen LogP contribution in [0.15, 0.2) is 59.6 Å². The van der Waals surface area contributed by atoms with E-state index in [1.54, 1.807) is 7.11 Å². The Labute approximate surface area is 204 Å². The molecule has 2 aromatic carbocycles. The lowest BCUT2D eigenvalue weighted by Gasteiger charge is -2.25. The van der Waals surface area contributed by atoms with Crippen molar-refractivity contribution in [2.24, 2.45) is 4.99 Å². The number of nitrogens with zero attached hydrogens (tertiary/aromatic N) is 2. The molecule has 0 saturated carbocycles. The molecule has 0 aliphatic heterocycles. The molecule has 7 heteroatoms. The molecule has 0 amide bonds. The molecular formula is C24H37IN4O2. The van der Waals surface area contributed by atoms with E-state index in [1.165, 1.54) is 5.56 Å². The smallest absolute Gasteiger partial charge is 0.191 e. The zero-order chi connectivity index (χ0) is 21.8. The standard InChI is InChI=1S/C24H36N4O2.HI/c1-5-25-24(27-17-23(29)21-12-9-13-22(16-21)30-4)26-15-14-19(2)28(3)18-20-10-7-6-8-11-20;/h6-13,16,19,23,29H,5,14-15,17-18H2,1-4H3,(H2,25,26,27);1H. The van der Waals surface area contributed by atoms with Crippen LogP contribution in [-0.4, -0.2) is 55.8 Å². The number of rotatable bonds is 11. The number of guanidine groups is 1. The van der Waals surface area contributed by atoms with Gasteiger partial charge in [-0.25, -0.2) is 0 Å². The second-order valence-electron chi connectivity index (χ2n) is 7.48. The molecule has 6 nitrogen and oxygen atoms in total. The fraction of sp³-hybridized carbons (Fsp3) is 0.458. The summed E-state index contributed by atoms with van der Waals surface area (Å²) in [6.07, 6.45) is 0.318. The van der Waals surface area contributed by atoms with E-state index in [9.17, 15) is 5.11 Å². The topological polar surface area (TPSA) is 69.1 Å². The van der Waals surface area contributed by atoms with Gasteiger partial charge >= 0.3 is 0 Å². The third kappa shape index (κ3) is 9.88. The van der Waals surface area contributed by atoms with Gasteiger partial charge in [0.15, 0.2) is 5.96 Å². The lowest BCUT2D eigenvalue weighted by atomic mass is 10.1. The van der Waals surface area contributed by atoms with Crippen LogP contribution >= 0.6 is 24.0 Å². The summed E-state index contributed by atoms with van der Waals surface area (Å²) in [6.45, 7) is 7.06. The van der Waals surface area contributed by atoms with E-state index in [2.05, 4.69) is 58.8 Å². The highest BCUT2D eigenvalue weighted by Gasteiger charge is 2.11. The monoisotopic (exact) mass is 540 g/mol. The molecule has 2 aromatic rings. The summed E-state index contributed by atoms with van der Waals surface area (Å²) < 4.78 is 5.23. The van der Waals surface area contributed by atoms with Crippen LogP contribution in [0, 0.1) is 0 Å². The molecule has 0 saturated heterocycles. The normalized spacial score (nSPS) is 13.3. The maximum Gasteiger partial charge on any atom is 0.191 e. The summed E-state index contributed by atoms with van der Waals surface area (Å²) in [6, 6.07) is 18.4. The van der Waals surface area contributed by atoms with E-state index in [0.717, 1.165) is 43.3 Å². The molecule has 0 aliphatic rings. The van der Waals surface area contributed by atoms with Crippen LogP contribution in [0.25, 0.3) is 0 Å². The van der Waals surface area contributed by atoms with Crippen LogP contribution in [0.1, 0.15) is 37.5 Å². The fourth-order valence-corrected chi connectivity index (χ4v) is 3.12. The molecule has 172 valence electrons. The molecular weight excluding hydrogens is 503 g/mol. The summed E-state index contributed by atoms with van der Waals surface area (Å²) >= 11 is 0. The van der Waals surface area contributed by atoms with Crippen molar-refractivity contribution in [1.82, 2.24) is 15.5 Å². The quantitative estimate of drug-likeness (QED) is 0.230. The van der Waals surface area contributed by atoms with Crippen LogP contribution in [0.2, 0.25) is 0 Å². The van der Waals surface area contributed by atoms with Gasteiger partial charge in [-0.15, -0.1) is 24.0 Å². The number of nitrogens with one attached hydrogen (secondary N) is 2. The van der Waals surface area contributed by atoms with Gasteiger partial charge in [-0.05, 0) is 50.6 Å². The van der Waals surface area contributed by atoms with E-state index >= 15 is 0 Å². The Morgan fingerprint density at radius 2 is 1.87 bits per heavy atom. The van der Waals surface area contributed by atoms with Crippen molar-refractivity contribution in [2.75, 3.05) is 33.8 Å². The first-order valence-electron chi connectivity index (χ1n) is 10.6. The molecule has 0 heterocycles. The number of halogens is 1.